The molecule has 0 bridgehead atoms. The van der Waals surface area contributed by atoms with Gasteiger partial charge in [-0.15, -0.1) is 0 Å². The van der Waals surface area contributed by atoms with Crippen LogP contribution in [0.25, 0.3) is 0 Å². The molecule has 92 valence electrons. The molecule has 0 aromatic carbocycles. The predicted octanol–water partition coefficient (Wildman–Crippen LogP) is -3.12. The Morgan fingerprint density at radius 3 is 1.94 bits per heavy atom. The van der Waals surface area contributed by atoms with Crippen molar-refractivity contribution < 1.29 is 39.8 Å². The normalized spacial score (nSPS) is 23.3. The third-order valence-electron chi connectivity index (χ3n) is 2.06. The van der Waals surface area contributed by atoms with Crippen molar-refractivity contribution in [2.75, 3.05) is 0 Å². The summed E-state index contributed by atoms with van der Waals surface area (Å²) in [5.74, 6) is -2.77. The van der Waals surface area contributed by atoms with Crippen molar-refractivity contribution in [1.82, 2.24) is 0 Å². The molecule has 0 radical (unpaired) electrons. The third-order valence-corrected chi connectivity index (χ3v) is 2.06. The number of ketones is 2. The van der Waals surface area contributed by atoms with E-state index < -0.39 is 42.3 Å². The largest absolute Gasteiger partial charge is 0.391 e. The van der Waals surface area contributed by atoms with Gasteiger partial charge in [0.15, 0.2) is 6.10 Å². The van der Waals surface area contributed by atoms with Gasteiger partial charge in [-0.05, 0) is 6.92 Å². The molecular formula is C8H12O8. The van der Waals surface area contributed by atoms with Crippen molar-refractivity contribution in [3.05, 3.63) is 0 Å². The third kappa shape index (κ3) is 2.82. The van der Waals surface area contributed by atoms with E-state index in [0.29, 0.717) is 0 Å². The molecular weight excluding hydrogens is 224 g/mol. The van der Waals surface area contributed by atoms with Gasteiger partial charge >= 0.3 is 0 Å². The summed E-state index contributed by atoms with van der Waals surface area (Å²) in [5, 5.41) is 36.4. The van der Waals surface area contributed by atoms with Crippen LogP contribution in [0.2, 0.25) is 0 Å². The van der Waals surface area contributed by atoms with E-state index in [0.717, 1.165) is 6.92 Å². The number of carbonyl (C=O) groups is 2. The molecule has 0 aromatic heterocycles. The highest BCUT2D eigenvalue weighted by atomic mass is 17.4. The standard InChI is InChI=1S/C8H12O8/c1-2(9)3(10)4(11)5(12)6(13)7(14)8-15-16-8/h2-4,7-11,14H,1H3/t2-,3+,4+,7?/m1/s1. The number of hydrogen-bond acceptors (Lipinski definition) is 8. The van der Waals surface area contributed by atoms with Gasteiger partial charge in [-0.25, -0.2) is 0 Å². The van der Waals surface area contributed by atoms with Gasteiger partial charge in [-0.3, -0.25) is 9.59 Å². The smallest absolute Gasteiger partial charge is 0.257 e. The van der Waals surface area contributed by atoms with Crippen LogP contribution in [0.15, 0.2) is 0 Å². The first-order chi connectivity index (χ1) is 7.36. The lowest BCUT2D eigenvalue weighted by atomic mass is 10.00. The summed E-state index contributed by atoms with van der Waals surface area (Å²) in [5.41, 5.74) is 0. The molecule has 0 amide bonds. The fourth-order valence-electron chi connectivity index (χ4n) is 0.971. The first-order valence-corrected chi connectivity index (χ1v) is 4.48. The van der Waals surface area contributed by atoms with Crippen LogP contribution in [0, 0.1) is 0 Å². The van der Waals surface area contributed by atoms with Crippen molar-refractivity contribution in [1.29, 1.82) is 0 Å². The Morgan fingerprint density at radius 1 is 1.06 bits per heavy atom. The summed E-state index contributed by atoms with van der Waals surface area (Å²) in [7, 11) is 0. The quantitative estimate of drug-likeness (QED) is 0.215. The fraction of sp³-hybridized carbons (Fsp3) is 0.750. The monoisotopic (exact) mass is 236 g/mol. The van der Waals surface area contributed by atoms with Crippen molar-refractivity contribution >= 4 is 11.6 Å². The lowest BCUT2D eigenvalue weighted by Crippen LogP contribution is -2.47. The van der Waals surface area contributed by atoms with Gasteiger partial charge in [0.1, 0.15) is 12.2 Å². The van der Waals surface area contributed by atoms with Gasteiger partial charge in [-0.1, -0.05) is 0 Å². The number of aliphatic hydroxyl groups excluding tert-OH is 4. The molecule has 1 unspecified atom stereocenters. The van der Waals surface area contributed by atoms with E-state index in [9.17, 15) is 14.7 Å². The predicted molar refractivity (Wildman–Crippen MR) is 45.7 cm³/mol. The minimum atomic E-state index is -2.10. The van der Waals surface area contributed by atoms with Crippen LogP contribution in [-0.4, -0.2) is 62.7 Å². The highest BCUT2D eigenvalue weighted by molar-refractivity contribution is 6.40. The average molecular weight is 236 g/mol. The number of carbonyl (C=O) groups excluding carboxylic acids is 2. The Bertz CT molecular complexity index is 284. The molecule has 0 saturated carbocycles. The van der Waals surface area contributed by atoms with Crippen LogP contribution in [0.1, 0.15) is 6.92 Å². The van der Waals surface area contributed by atoms with E-state index in [1.54, 1.807) is 0 Å². The summed E-state index contributed by atoms with van der Waals surface area (Å²) in [6, 6.07) is 0. The molecule has 0 aromatic rings. The van der Waals surface area contributed by atoms with Crippen LogP contribution < -0.4 is 0 Å². The van der Waals surface area contributed by atoms with Gasteiger partial charge < -0.3 is 20.4 Å². The first-order valence-electron chi connectivity index (χ1n) is 4.48. The molecule has 1 aliphatic heterocycles. The molecule has 1 heterocycles. The van der Waals surface area contributed by atoms with Crippen LogP contribution in [0.5, 0.6) is 0 Å². The lowest BCUT2D eigenvalue weighted by molar-refractivity contribution is -0.152. The molecule has 1 aliphatic rings. The van der Waals surface area contributed by atoms with Gasteiger partial charge in [0, 0.05) is 0 Å². The molecule has 4 atom stereocenters. The Kier molecular flexibility index (Phi) is 4.08. The summed E-state index contributed by atoms with van der Waals surface area (Å²) < 4.78 is 0. The minimum absolute atomic E-state index is 1.13. The Morgan fingerprint density at radius 2 is 1.56 bits per heavy atom. The Hall–Kier alpha value is -0.900. The number of rotatable bonds is 6. The highest BCUT2D eigenvalue weighted by Gasteiger charge is 2.44. The molecule has 4 N–H and O–H groups in total. The van der Waals surface area contributed by atoms with Crippen molar-refractivity contribution in [3.63, 3.8) is 0 Å². The molecule has 0 spiro atoms. The van der Waals surface area contributed by atoms with E-state index in [1.807, 2.05) is 0 Å². The van der Waals surface area contributed by atoms with Crippen LogP contribution in [0.3, 0.4) is 0 Å². The number of aliphatic hydroxyl groups is 4. The highest BCUT2D eigenvalue weighted by Crippen LogP contribution is 2.18. The van der Waals surface area contributed by atoms with E-state index in [-0.39, 0.29) is 0 Å². The zero-order chi connectivity index (χ0) is 12.5. The van der Waals surface area contributed by atoms with Crippen molar-refractivity contribution in [2.24, 2.45) is 0 Å². The van der Waals surface area contributed by atoms with Gasteiger partial charge in [-0.2, -0.15) is 9.78 Å². The molecule has 0 aliphatic carbocycles. The second-order valence-electron chi connectivity index (χ2n) is 3.41. The van der Waals surface area contributed by atoms with E-state index >= 15 is 0 Å². The van der Waals surface area contributed by atoms with E-state index in [2.05, 4.69) is 9.78 Å². The molecule has 8 heteroatoms. The van der Waals surface area contributed by atoms with Crippen LogP contribution in [-0.2, 0) is 19.4 Å². The van der Waals surface area contributed by atoms with E-state index in [4.69, 9.17) is 15.3 Å². The summed E-state index contributed by atoms with van der Waals surface area (Å²) >= 11 is 0. The zero-order valence-electron chi connectivity index (χ0n) is 8.31. The number of Topliss-reactive ketones (excluding diaryl/α,β-unsaturated/α-hetero) is 2. The first kappa shape index (κ1) is 13.2. The second kappa shape index (κ2) is 4.95. The van der Waals surface area contributed by atoms with E-state index in [1.165, 1.54) is 0 Å². The summed E-state index contributed by atoms with van der Waals surface area (Å²) in [6.07, 6.45) is -8.35. The van der Waals surface area contributed by atoms with Gasteiger partial charge in [0.25, 0.3) is 6.29 Å². The molecule has 8 nitrogen and oxygen atoms in total. The molecule has 1 saturated heterocycles. The van der Waals surface area contributed by atoms with Crippen LogP contribution in [0.4, 0.5) is 0 Å². The Balaban J connectivity index is 2.58. The fourth-order valence-corrected chi connectivity index (χ4v) is 0.971. The number of hydrogen-bond donors (Lipinski definition) is 4. The maximum absolute atomic E-state index is 11.2. The average Bonchev–Trinajstić information content (AvgIpc) is 3.07. The SMILES string of the molecule is C[C@@H](O)[C@H](O)[C@H](O)C(=O)C(=O)C(O)C1OO1. The Labute approximate surface area is 89.9 Å². The topological polar surface area (TPSA) is 140 Å². The maximum Gasteiger partial charge on any atom is 0.257 e. The molecule has 16 heavy (non-hydrogen) atoms. The molecule has 1 rings (SSSR count). The maximum atomic E-state index is 11.2. The molecule has 1 fully saturated rings. The van der Waals surface area contributed by atoms with Crippen molar-refractivity contribution in [3.8, 4) is 0 Å². The summed E-state index contributed by atoms with van der Waals surface area (Å²) in [6.45, 7) is 1.13. The lowest BCUT2D eigenvalue weighted by Gasteiger charge is -2.18. The van der Waals surface area contributed by atoms with Gasteiger partial charge in [0.05, 0.1) is 6.10 Å². The van der Waals surface area contributed by atoms with Gasteiger partial charge in [0.2, 0.25) is 11.6 Å². The second-order valence-corrected chi connectivity index (χ2v) is 3.41. The zero-order valence-corrected chi connectivity index (χ0v) is 8.31. The van der Waals surface area contributed by atoms with Crippen molar-refractivity contribution in [2.45, 2.75) is 37.6 Å². The van der Waals surface area contributed by atoms with Crippen LogP contribution >= 0.6 is 0 Å². The minimum Gasteiger partial charge on any atom is -0.391 e. The summed E-state index contributed by atoms with van der Waals surface area (Å²) in [4.78, 5) is 30.6.